The molecule has 0 aliphatic heterocycles. The van der Waals surface area contributed by atoms with Crippen LogP contribution in [0.5, 0.6) is 0 Å². The van der Waals surface area contributed by atoms with Crippen molar-refractivity contribution in [3.05, 3.63) is 37.5 Å². The lowest BCUT2D eigenvalue weighted by atomic mass is 9.69. The van der Waals surface area contributed by atoms with Gasteiger partial charge in [0.2, 0.25) is 0 Å². The maximum absolute atomic E-state index is 12.7. The van der Waals surface area contributed by atoms with E-state index in [1.54, 1.807) is 0 Å². The van der Waals surface area contributed by atoms with E-state index in [-0.39, 0.29) is 18.0 Å². The zero-order valence-corrected chi connectivity index (χ0v) is 21.0. The van der Waals surface area contributed by atoms with Crippen molar-refractivity contribution in [1.82, 2.24) is 0 Å². The van der Waals surface area contributed by atoms with Gasteiger partial charge in [-0.1, -0.05) is 24.3 Å². The molecule has 0 atom stereocenters. The predicted octanol–water partition coefficient (Wildman–Crippen LogP) is 8.44. The average Bonchev–Trinajstić information content (AvgIpc) is 2.88. The molecule has 0 heterocycles. The van der Waals surface area contributed by atoms with Gasteiger partial charge >= 0.3 is 5.97 Å². The van der Waals surface area contributed by atoms with E-state index in [2.05, 4.69) is 37.5 Å². The second-order valence-electron chi connectivity index (χ2n) is 11.8. The number of hydrogen-bond donors (Lipinski definition) is 0. The molecule has 4 rings (SSSR count). The molecule has 0 amide bonds. The highest BCUT2D eigenvalue weighted by Gasteiger charge is 2.34. The van der Waals surface area contributed by atoms with Crippen molar-refractivity contribution in [2.75, 3.05) is 0 Å². The molecule has 2 heteroatoms. The van der Waals surface area contributed by atoms with Gasteiger partial charge in [-0.25, -0.2) is 0 Å². The van der Waals surface area contributed by atoms with Crippen LogP contribution in [0.1, 0.15) is 103 Å². The van der Waals surface area contributed by atoms with Crippen molar-refractivity contribution in [2.45, 2.75) is 109 Å². The lowest BCUT2D eigenvalue weighted by molar-refractivity contribution is -0.157. The third-order valence-electron chi connectivity index (χ3n) is 9.73. The summed E-state index contributed by atoms with van der Waals surface area (Å²) in [6.07, 6.45) is 29.3. The average molecular weight is 453 g/mol. The van der Waals surface area contributed by atoms with Gasteiger partial charge in [0.25, 0.3) is 0 Å². The van der Waals surface area contributed by atoms with Gasteiger partial charge in [-0.15, -0.1) is 13.2 Å². The van der Waals surface area contributed by atoms with Crippen molar-refractivity contribution in [3.63, 3.8) is 0 Å². The van der Waals surface area contributed by atoms with Crippen LogP contribution in [0.3, 0.4) is 0 Å². The predicted molar refractivity (Wildman–Crippen MR) is 138 cm³/mol. The van der Waals surface area contributed by atoms with Crippen LogP contribution in [-0.2, 0) is 9.53 Å². The Morgan fingerprint density at radius 2 is 0.939 bits per heavy atom. The third-order valence-corrected chi connectivity index (χ3v) is 9.73. The van der Waals surface area contributed by atoms with Crippen molar-refractivity contribution < 1.29 is 9.53 Å². The molecule has 0 unspecified atom stereocenters. The highest BCUT2D eigenvalue weighted by Crippen LogP contribution is 2.42. The molecule has 2 nitrogen and oxygen atoms in total. The first-order valence-corrected chi connectivity index (χ1v) is 14.3. The number of rotatable bonds is 7. The van der Waals surface area contributed by atoms with E-state index in [0.29, 0.717) is 5.92 Å². The first-order chi connectivity index (χ1) is 16.1. The lowest BCUT2D eigenvalue weighted by Crippen LogP contribution is -2.32. The molecule has 33 heavy (non-hydrogen) atoms. The zero-order chi connectivity index (χ0) is 23.0. The second kappa shape index (κ2) is 12.4. The maximum atomic E-state index is 12.7. The Hall–Kier alpha value is -1.31. The van der Waals surface area contributed by atoms with Gasteiger partial charge in [0, 0.05) is 0 Å². The van der Waals surface area contributed by atoms with Gasteiger partial charge in [0.1, 0.15) is 6.10 Å². The largest absolute Gasteiger partial charge is 0.462 e. The van der Waals surface area contributed by atoms with E-state index in [0.717, 1.165) is 68.1 Å². The van der Waals surface area contributed by atoms with Gasteiger partial charge in [0.15, 0.2) is 0 Å². The quantitative estimate of drug-likeness (QED) is 0.286. The van der Waals surface area contributed by atoms with Crippen molar-refractivity contribution >= 4 is 5.97 Å². The summed E-state index contributed by atoms with van der Waals surface area (Å²) in [7, 11) is 0. The molecule has 0 N–H and O–H groups in total. The highest BCUT2D eigenvalue weighted by molar-refractivity contribution is 5.72. The number of hydrogen-bond acceptors (Lipinski definition) is 2. The van der Waals surface area contributed by atoms with Gasteiger partial charge in [-0.2, -0.15) is 0 Å². The molecule has 4 saturated carbocycles. The SMILES string of the molecule is C=CC1CCC(C=CC2CCC(C3CCC(C(=O)OC4CCC(C=C)CC4)CC3)CC2)CC1. The number of carbonyl (C=O) groups excluding carboxylic acids is 1. The van der Waals surface area contributed by atoms with E-state index in [4.69, 9.17) is 4.74 Å². The molecule has 4 aliphatic carbocycles. The fourth-order valence-corrected chi connectivity index (χ4v) is 7.23. The number of allylic oxidation sites excluding steroid dienone is 4. The minimum absolute atomic E-state index is 0.103. The fourth-order valence-electron chi connectivity index (χ4n) is 7.23. The summed E-state index contributed by atoms with van der Waals surface area (Å²) in [4.78, 5) is 12.7. The monoisotopic (exact) mass is 452 g/mol. The van der Waals surface area contributed by atoms with Crippen LogP contribution in [-0.4, -0.2) is 12.1 Å². The van der Waals surface area contributed by atoms with Crippen molar-refractivity contribution in [2.24, 2.45) is 41.4 Å². The minimum atomic E-state index is 0.103. The molecular weight excluding hydrogens is 404 g/mol. The fraction of sp³-hybridized carbons (Fsp3) is 0.774. The smallest absolute Gasteiger partial charge is 0.309 e. The van der Waals surface area contributed by atoms with Gasteiger partial charge in [0.05, 0.1) is 5.92 Å². The Labute approximate surface area is 203 Å². The van der Waals surface area contributed by atoms with Crippen LogP contribution >= 0.6 is 0 Å². The normalized spacial score (nSPS) is 40.2. The summed E-state index contributed by atoms with van der Waals surface area (Å²) in [5.41, 5.74) is 0. The van der Waals surface area contributed by atoms with E-state index in [1.807, 2.05) is 0 Å². The van der Waals surface area contributed by atoms with Crippen molar-refractivity contribution in [1.29, 1.82) is 0 Å². The first-order valence-electron chi connectivity index (χ1n) is 14.3. The maximum Gasteiger partial charge on any atom is 0.309 e. The third kappa shape index (κ3) is 7.09. The highest BCUT2D eigenvalue weighted by atomic mass is 16.5. The second-order valence-corrected chi connectivity index (χ2v) is 11.8. The Balaban J connectivity index is 1.12. The van der Waals surface area contributed by atoms with Gasteiger partial charge in [-0.05, 0) is 138 Å². The zero-order valence-electron chi connectivity index (χ0n) is 21.0. The van der Waals surface area contributed by atoms with Gasteiger partial charge in [-0.3, -0.25) is 4.79 Å². The molecule has 0 aromatic carbocycles. The van der Waals surface area contributed by atoms with Crippen LogP contribution in [0.2, 0.25) is 0 Å². The van der Waals surface area contributed by atoms with Crippen LogP contribution in [0.4, 0.5) is 0 Å². The Bertz CT molecular complexity index is 646. The molecular formula is C31H48O2. The summed E-state index contributed by atoms with van der Waals surface area (Å²) < 4.78 is 5.92. The number of ether oxygens (including phenoxy) is 1. The van der Waals surface area contributed by atoms with Crippen LogP contribution in [0, 0.1) is 41.4 Å². The molecule has 0 radical (unpaired) electrons. The Morgan fingerprint density at radius 1 is 0.545 bits per heavy atom. The summed E-state index contributed by atoms with van der Waals surface area (Å²) in [5, 5.41) is 0. The van der Waals surface area contributed by atoms with Crippen LogP contribution in [0.25, 0.3) is 0 Å². The van der Waals surface area contributed by atoms with E-state index in [9.17, 15) is 4.79 Å². The molecule has 184 valence electrons. The van der Waals surface area contributed by atoms with Gasteiger partial charge < -0.3 is 4.74 Å². The standard InChI is InChI=1S/C31H48O2/c1-3-23-5-7-25(8-6-23)9-10-26-11-15-27(16-12-26)28-17-19-29(20-18-28)31(32)33-30-21-13-24(4-2)14-22-30/h3-4,9-10,23-30H,1-2,5-8,11-22H2. The molecule has 0 aromatic rings. The lowest BCUT2D eigenvalue weighted by Gasteiger charge is -2.37. The molecule has 0 bridgehead atoms. The van der Waals surface area contributed by atoms with E-state index < -0.39 is 0 Å². The molecule has 0 spiro atoms. The number of esters is 1. The number of carbonyl (C=O) groups is 1. The Kier molecular flexibility index (Phi) is 9.33. The van der Waals surface area contributed by atoms with Crippen molar-refractivity contribution in [3.8, 4) is 0 Å². The molecule has 0 saturated heterocycles. The molecule has 0 aromatic heterocycles. The summed E-state index contributed by atoms with van der Waals surface area (Å²) in [6.45, 7) is 7.88. The Morgan fingerprint density at radius 3 is 1.42 bits per heavy atom. The van der Waals surface area contributed by atoms with E-state index >= 15 is 0 Å². The van der Waals surface area contributed by atoms with E-state index in [1.165, 1.54) is 64.2 Å². The van der Waals surface area contributed by atoms with Crippen LogP contribution < -0.4 is 0 Å². The minimum Gasteiger partial charge on any atom is -0.462 e. The summed E-state index contributed by atoms with van der Waals surface area (Å²) in [6, 6.07) is 0. The molecule has 4 aliphatic rings. The van der Waals surface area contributed by atoms with Crippen LogP contribution in [0.15, 0.2) is 37.5 Å². The molecule has 4 fully saturated rings. The topological polar surface area (TPSA) is 26.3 Å². The first kappa shape index (κ1) is 24.8. The summed E-state index contributed by atoms with van der Waals surface area (Å²) in [5.74, 6) is 5.00. The summed E-state index contributed by atoms with van der Waals surface area (Å²) >= 11 is 0.